The summed E-state index contributed by atoms with van der Waals surface area (Å²) in [5.74, 6) is -0.0684. The van der Waals surface area contributed by atoms with E-state index in [2.05, 4.69) is 20.3 Å². The fourth-order valence-electron chi connectivity index (χ4n) is 1.29. The summed E-state index contributed by atoms with van der Waals surface area (Å²) in [5, 5.41) is 2.23. The average Bonchev–Trinajstić information content (AvgIpc) is 2.26. The Morgan fingerprint density at radius 1 is 1.05 bits per heavy atom. The van der Waals surface area contributed by atoms with Crippen LogP contribution in [0.4, 0.5) is 11.6 Å². The van der Waals surface area contributed by atoms with E-state index in [0.717, 1.165) is 6.07 Å². The van der Waals surface area contributed by atoms with Gasteiger partial charge in [0.15, 0.2) is 0 Å². The van der Waals surface area contributed by atoms with Gasteiger partial charge in [-0.15, -0.1) is 0 Å². The van der Waals surface area contributed by atoms with Crippen LogP contribution >= 0.6 is 23.2 Å². The maximum atomic E-state index is 11.1. The van der Waals surface area contributed by atoms with Crippen LogP contribution in [0.1, 0.15) is 0 Å². The number of rotatable bonds is 3. The molecule has 2 rings (SSSR count). The van der Waals surface area contributed by atoms with E-state index >= 15 is 0 Å². The van der Waals surface area contributed by atoms with Crippen molar-refractivity contribution in [1.29, 1.82) is 0 Å². The minimum atomic E-state index is -4.62. The van der Waals surface area contributed by atoms with Crippen molar-refractivity contribution < 1.29 is 42.5 Å². The maximum absolute atomic E-state index is 11.1. The second-order valence-corrected chi connectivity index (χ2v) is 5.30. The number of para-hydroxylation sites is 1. The summed E-state index contributed by atoms with van der Waals surface area (Å²) in [4.78, 5) is 10.5. The molecule has 1 aromatic heterocycles. The molecule has 0 unspecified atom stereocenters. The van der Waals surface area contributed by atoms with Gasteiger partial charge in [-0.25, -0.2) is 8.42 Å². The predicted octanol–water partition coefficient (Wildman–Crippen LogP) is -1.17. The molecule has 1 N–H and O–H groups in total. The first kappa shape index (κ1) is 17.6. The molecule has 0 bridgehead atoms. The molecule has 0 aliphatic carbocycles. The first-order valence-corrected chi connectivity index (χ1v) is 6.92. The molecule has 0 atom stereocenters. The van der Waals surface area contributed by atoms with Crippen LogP contribution in [0.15, 0.2) is 29.2 Å². The summed E-state index contributed by atoms with van der Waals surface area (Å²) < 4.78 is 33.2. The number of nitrogens with zero attached hydrogens (tertiary/aromatic N) is 3. The van der Waals surface area contributed by atoms with Gasteiger partial charge in [-0.3, -0.25) is 0 Å². The van der Waals surface area contributed by atoms with Crippen LogP contribution in [0.5, 0.6) is 0 Å². The number of benzene rings is 1. The Balaban J connectivity index is 0.00000200. The zero-order valence-electron chi connectivity index (χ0n) is 10.0. The Morgan fingerprint density at radius 3 is 2.15 bits per heavy atom. The van der Waals surface area contributed by atoms with E-state index in [1.54, 1.807) is 6.07 Å². The number of nitrogens with one attached hydrogen (secondary N) is 1. The summed E-state index contributed by atoms with van der Waals surface area (Å²) in [6.07, 6.45) is 0. The number of aromatic nitrogens is 3. The third kappa shape index (κ3) is 4.52. The molecule has 0 radical (unpaired) electrons. The van der Waals surface area contributed by atoms with Crippen LogP contribution in [0.3, 0.4) is 0 Å². The van der Waals surface area contributed by atoms with Crippen molar-refractivity contribution in [3.63, 3.8) is 0 Å². The van der Waals surface area contributed by atoms with E-state index in [9.17, 15) is 13.0 Å². The Bertz CT molecular complexity index is 709. The van der Waals surface area contributed by atoms with Crippen molar-refractivity contribution >= 4 is 45.0 Å². The summed E-state index contributed by atoms with van der Waals surface area (Å²) in [5.41, 5.74) is 0.0239. The quantitative estimate of drug-likeness (QED) is 0.553. The molecular formula is C9H5Cl2N4NaO3S. The Kier molecular flexibility index (Phi) is 6.14. The van der Waals surface area contributed by atoms with E-state index in [0.29, 0.717) is 0 Å². The van der Waals surface area contributed by atoms with E-state index in [1.165, 1.54) is 12.1 Å². The van der Waals surface area contributed by atoms with Crippen LogP contribution in [0.25, 0.3) is 0 Å². The first-order valence-electron chi connectivity index (χ1n) is 4.75. The van der Waals surface area contributed by atoms with Crippen LogP contribution in [0.2, 0.25) is 10.6 Å². The standard InChI is InChI=1S/C9H6Cl2N4O3S.Na/c10-7-13-8(11)15-9(14-7)12-5-3-1-2-4-6(5)19(16,17)18;/h1-4H,(H,16,17,18)(H,12,13,14,15);/q;+1/p-1. The maximum Gasteiger partial charge on any atom is 1.00 e. The Hall–Kier alpha value is -0.480. The molecule has 20 heavy (non-hydrogen) atoms. The van der Waals surface area contributed by atoms with Crippen molar-refractivity contribution in [3.05, 3.63) is 34.8 Å². The fourth-order valence-corrected chi connectivity index (χ4v) is 2.29. The summed E-state index contributed by atoms with van der Waals surface area (Å²) in [6, 6.07) is 5.51. The molecule has 0 saturated carbocycles. The van der Waals surface area contributed by atoms with E-state index in [4.69, 9.17) is 23.2 Å². The number of halogens is 2. The van der Waals surface area contributed by atoms with Gasteiger partial charge in [-0.2, -0.15) is 15.0 Å². The topological polar surface area (TPSA) is 108 Å². The first-order chi connectivity index (χ1) is 8.86. The van der Waals surface area contributed by atoms with Gasteiger partial charge >= 0.3 is 29.6 Å². The molecule has 1 heterocycles. The Labute approximate surface area is 146 Å². The molecule has 0 aliphatic rings. The SMILES string of the molecule is O=S(=O)([O-])c1ccccc1Nc1nc(Cl)nc(Cl)n1.[Na+]. The molecular weight excluding hydrogens is 338 g/mol. The largest absolute Gasteiger partial charge is 1.00 e. The van der Waals surface area contributed by atoms with Crippen molar-refractivity contribution in [3.8, 4) is 0 Å². The van der Waals surface area contributed by atoms with Gasteiger partial charge in [0.05, 0.1) is 10.6 Å². The van der Waals surface area contributed by atoms with E-state index < -0.39 is 15.0 Å². The number of anilines is 2. The van der Waals surface area contributed by atoms with Gasteiger partial charge in [-0.05, 0) is 35.3 Å². The normalized spacial score (nSPS) is 10.8. The van der Waals surface area contributed by atoms with Crippen molar-refractivity contribution in [2.75, 3.05) is 5.32 Å². The molecule has 2 aromatic rings. The minimum Gasteiger partial charge on any atom is -0.744 e. The van der Waals surface area contributed by atoms with Crippen molar-refractivity contribution in [2.45, 2.75) is 4.90 Å². The molecule has 7 nitrogen and oxygen atoms in total. The minimum absolute atomic E-state index is 0. The zero-order valence-corrected chi connectivity index (χ0v) is 14.4. The monoisotopic (exact) mass is 342 g/mol. The summed E-state index contributed by atoms with van der Waals surface area (Å²) >= 11 is 11.2. The van der Waals surface area contributed by atoms with Gasteiger partial charge in [0.1, 0.15) is 10.1 Å². The van der Waals surface area contributed by atoms with Crippen LogP contribution < -0.4 is 34.9 Å². The van der Waals surface area contributed by atoms with Gasteiger partial charge in [0, 0.05) is 0 Å². The second kappa shape index (κ2) is 6.99. The smallest absolute Gasteiger partial charge is 0.744 e. The van der Waals surface area contributed by atoms with E-state index in [-0.39, 0.29) is 51.8 Å². The Morgan fingerprint density at radius 2 is 1.60 bits per heavy atom. The van der Waals surface area contributed by atoms with E-state index in [1.807, 2.05) is 0 Å². The molecule has 0 fully saturated rings. The zero-order chi connectivity index (χ0) is 14.0. The van der Waals surface area contributed by atoms with Gasteiger partial charge in [0.25, 0.3) is 0 Å². The van der Waals surface area contributed by atoms with Gasteiger partial charge in [0.2, 0.25) is 16.5 Å². The van der Waals surface area contributed by atoms with Crippen LogP contribution in [0, 0.1) is 0 Å². The van der Waals surface area contributed by atoms with Crippen LogP contribution in [-0.2, 0) is 10.1 Å². The van der Waals surface area contributed by atoms with Gasteiger partial charge in [-0.1, -0.05) is 12.1 Å². The van der Waals surface area contributed by atoms with Crippen molar-refractivity contribution in [2.24, 2.45) is 0 Å². The molecule has 1 aromatic carbocycles. The average molecular weight is 343 g/mol. The van der Waals surface area contributed by atoms with Crippen molar-refractivity contribution in [1.82, 2.24) is 15.0 Å². The molecule has 0 spiro atoms. The third-order valence-corrected chi connectivity index (χ3v) is 3.22. The number of hydrogen-bond acceptors (Lipinski definition) is 7. The molecule has 11 heteroatoms. The summed E-state index contributed by atoms with van der Waals surface area (Å²) in [6.45, 7) is 0. The predicted molar refractivity (Wildman–Crippen MR) is 67.5 cm³/mol. The van der Waals surface area contributed by atoms with Crippen LogP contribution in [-0.4, -0.2) is 27.9 Å². The molecule has 0 saturated heterocycles. The van der Waals surface area contributed by atoms with Gasteiger partial charge < -0.3 is 9.87 Å². The molecule has 0 aliphatic heterocycles. The third-order valence-electron chi connectivity index (χ3n) is 1.98. The second-order valence-electron chi connectivity index (χ2n) is 3.27. The molecule has 100 valence electrons. The fraction of sp³-hybridized carbons (Fsp3) is 0. The number of hydrogen-bond donors (Lipinski definition) is 1. The molecule has 0 amide bonds. The summed E-state index contributed by atoms with van der Waals surface area (Å²) in [7, 11) is -4.62.